The van der Waals surface area contributed by atoms with Crippen LogP contribution in [0.25, 0.3) is 21.5 Å². The number of ether oxygens (including phenoxy) is 1. The lowest BCUT2D eigenvalue weighted by molar-refractivity contribution is -0.437. The number of aromatic nitrogens is 2. The molecular formula is C63H82N6O29P3S4+. The van der Waals surface area contributed by atoms with Crippen LogP contribution < -0.4 is 21.6 Å². The largest absolute Gasteiger partial charge is 0.490 e. The van der Waals surface area contributed by atoms with Gasteiger partial charge in [0.05, 0.1) is 40.3 Å². The summed E-state index contributed by atoms with van der Waals surface area (Å²) in [5.41, 5.74) is 6.16. The van der Waals surface area contributed by atoms with Gasteiger partial charge >= 0.3 is 35.1 Å². The van der Waals surface area contributed by atoms with Crippen molar-refractivity contribution >= 4 is 126 Å². The molecule has 0 spiro atoms. The summed E-state index contributed by atoms with van der Waals surface area (Å²) in [5, 5.41) is 23.7. The number of aliphatic carboxylic acids is 1. The van der Waals surface area contributed by atoms with E-state index in [1.807, 2.05) is 23.3 Å². The molecule has 0 aliphatic carbocycles. The molecule has 4 aromatic carbocycles. The predicted molar refractivity (Wildman–Crippen MR) is 379 cm³/mol. The van der Waals surface area contributed by atoms with E-state index in [1.165, 1.54) is 30.5 Å². The number of aliphatic hydroxyl groups is 1. The Morgan fingerprint density at radius 1 is 0.743 bits per heavy atom. The van der Waals surface area contributed by atoms with Crippen LogP contribution in [0.4, 0.5) is 17.2 Å². The molecule has 1 fully saturated rings. The second-order valence-corrected chi connectivity index (χ2v) is 36.6. The highest BCUT2D eigenvalue weighted by atomic mass is 32.2. The third-order valence-electron chi connectivity index (χ3n) is 17.8. The SMILES string of the molecule is CC1(C)C(/C=C/C=C/C=C2/N(CCCCCC(=O)CC(CCC(=O)O)C(=O)NCCCCCCOP(=O)(O)OP(=O)(O)OP(=O)(O)OC[C@H]3O[C@@H](n4ccc(N)nc4=O)C[C@H]3O)c3ccc4c(S(=O)(=O)O)cc(S(=O)(=O)O)cc4c3C2(C)C)=[N+](CCCS(=O)(=O)O)c2ccc3ccc(S(=O)(=O)O)cc3c21. The highest BCUT2D eigenvalue weighted by molar-refractivity contribution is 7.87. The number of ketones is 1. The Kier molecular flexibility index (Phi) is 26.8. The summed E-state index contributed by atoms with van der Waals surface area (Å²) in [4.78, 5) is 84.4. The Balaban J connectivity index is 0.871. The highest BCUT2D eigenvalue weighted by Gasteiger charge is 2.48. The van der Waals surface area contributed by atoms with Crippen LogP contribution in [0.2, 0.25) is 0 Å². The van der Waals surface area contributed by atoms with Crippen molar-refractivity contribution in [2.75, 3.05) is 49.2 Å². The molecule has 3 aliphatic heterocycles. The Labute approximate surface area is 604 Å². The number of unbranched alkanes of at least 4 members (excludes halogenated alkanes) is 5. The number of nitrogens with zero attached hydrogens (tertiary/aromatic N) is 4. The number of rotatable bonds is 38. The van der Waals surface area contributed by atoms with Crippen LogP contribution in [0, 0.1) is 5.92 Å². The lowest BCUT2D eigenvalue weighted by atomic mass is 9.79. The maximum atomic E-state index is 13.5. The van der Waals surface area contributed by atoms with Gasteiger partial charge in [-0.25, -0.2) is 18.5 Å². The smallest absolute Gasteiger partial charge is 0.481 e. The molecular weight excluding hydrogens is 1530 g/mol. The van der Waals surface area contributed by atoms with Crippen molar-refractivity contribution < 1.29 is 132 Å². The number of benzene rings is 4. The highest BCUT2D eigenvalue weighted by Crippen LogP contribution is 2.68. The number of phosphoric acid groups is 3. The van der Waals surface area contributed by atoms with Gasteiger partial charge in [0.15, 0.2) is 5.71 Å². The lowest BCUT2D eigenvalue weighted by Gasteiger charge is -2.27. The molecule has 3 aliphatic rings. The van der Waals surface area contributed by atoms with Gasteiger partial charge in [0.2, 0.25) is 11.6 Å². The van der Waals surface area contributed by atoms with Gasteiger partial charge in [0, 0.05) is 97.2 Å². The molecule has 0 bridgehead atoms. The van der Waals surface area contributed by atoms with Gasteiger partial charge in [0.1, 0.15) is 35.4 Å². The van der Waals surface area contributed by atoms with E-state index in [4.69, 9.17) is 15.0 Å². The molecule has 1 saturated heterocycles. The van der Waals surface area contributed by atoms with E-state index in [-0.39, 0.29) is 85.4 Å². The molecule has 0 saturated carbocycles. The minimum atomic E-state index is -5.87. The topological polar surface area (TPSA) is 546 Å². The van der Waals surface area contributed by atoms with Gasteiger partial charge in [-0.15, -0.1) is 0 Å². The van der Waals surface area contributed by atoms with Crippen LogP contribution in [0.5, 0.6) is 0 Å². The number of hydrogen-bond acceptors (Lipinski definition) is 24. The number of phosphoric ester groups is 2. The number of carbonyl (C=O) groups is 3. The lowest BCUT2D eigenvalue weighted by Crippen LogP contribution is -2.33. The van der Waals surface area contributed by atoms with Crippen molar-refractivity contribution in [2.24, 2.45) is 5.92 Å². The van der Waals surface area contributed by atoms with E-state index in [9.17, 15) is 110 Å². The molecule has 4 heterocycles. The summed E-state index contributed by atoms with van der Waals surface area (Å²) in [5.74, 6) is -3.80. The molecule has 1 aromatic heterocycles. The van der Waals surface area contributed by atoms with Crippen molar-refractivity contribution in [3.63, 3.8) is 0 Å². The van der Waals surface area contributed by atoms with Crippen LogP contribution in [-0.4, -0.2) is 165 Å². The number of carboxylic acid groups (broad SMARTS) is 1. The predicted octanol–water partition coefficient (Wildman–Crippen LogP) is 7.71. The summed E-state index contributed by atoms with van der Waals surface area (Å²) in [6, 6.07) is 13.8. The molecule has 4 unspecified atom stereocenters. The fraction of sp³-hybridized carbons (Fsp3) is 0.460. The first kappa shape index (κ1) is 84.0. The summed E-state index contributed by atoms with van der Waals surface area (Å²) in [7, 11) is -36.0. The van der Waals surface area contributed by atoms with Crippen molar-refractivity contribution in [2.45, 2.75) is 155 Å². The molecule has 5 aromatic rings. The fourth-order valence-electron chi connectivity index (χ4n) is 13.0. The number of allylic oxidation sites excluding steroid dienone is 6. The first-order valence-corrected chi connectivity index (χ1v) is 43.0. The average molecular weight is 1610 g/mol. The standard InChI is InChI=1S/C63H81N6O29P3S4/c1-62(2)53(68(30-15-33-102(82,83)84)48-24-20-40-19-22-43(103(85,86)87)35-46(40)58(48)62)17-10-7-11-18-54-63(3,4)59-47-36-44(104(88,89)90)37-52(105(91,92)93)45(47)23-25-49(59)67(54)29-13-8-9-16-42(70)34-41(21-26-57(72)73)60(74)65-28-12-5-6-14-32-94-99(76,77)97-101(80,81)98-100(78,79)95-39-51-50(71)38-56(96-51)69-31-27-55(64)66-61(69)75/h7,10-11,17-20,22-25,27,31,35-37,41,50-51,56,71H,5-6,8-9,12-16,21,26,28-30,32-34,38-39H2,1-4H3,(H10-,64,65,66,72,73,74,75,76,77,78,79,80,81,82,83,84,85,86,87,88,89,90,91,92,93)/p+1/t41?,50-,51-,56-/m1/s1. The molecule has 0 radical (unpaired) electrons. The Bertz CT molecular complexity index is 5030. The summed E-state index contributed by atoms with van der Waals surface area (Å²) in [6.45, 7) is 6.31. The number of anilines is 2. The minimum absolute atomic E-state index is 0.00655. The zero-order chi connectivity index (χ0) is 77.6. The van der Waals surface area contributed by atoms with Crippen molar-refractivity contribution in [3.05, 3.63) is 125 Å². The monoisotopic (exact) mass is 1610 g/mol. The molecule has 8 rings (SSSR count). The van der Waals surface area contributed by atoms with Gasteiger partial charge < -0.3 is 45.6 Å². The number of nitrogens with two attached hydrogens (primary N) is 1. The number of nitrogens with one attached hydrogen (secondary N) is 1. The van der Waals surface area contributed by atoms with E-state index >= 15 is 0 Å². The number of aliphatic hydroxyl groups excluding tert-OH is 1. The average Bonchev–Trinajstić information content (AvgIpc) is 1.60. The van der Waals surface area contributed by atoms with Crippen LogP contribution in [0.1, 0.15) is 129 Å². The maximum absolute atomic E-state index is 13.5. The van der Waals surface area contributed by atoms with Crippen LogP contribution in [0.15, 0.2) is 122 Å². The molecule has 12 N–H and O–H groups in total. The van der Waals surface area contributed by atoms with Crippen LogP contribution >= 0.6 is 23.5 Å². The first-order chi connectivity index (χ1) is 48.7. The summed E-state index contributed by atoms with van der Waals surface area (Å²) < 4.78 is 203. The van der Waals surface area contributed by atoms with E-state index in [2.05, 4.69) is 23.4 Å². The Morgan fingerprint density at radius 2 is 1.40 bits per heavy atom. The van der Waals surface area contributed by atoms with E-state index in [0.29, 0.717) is 89.3 Å². The number of Topliss-reactive ketones (excluding diaryl/α,β-unsaturated/α-hetero) is 1. The number of carbonyl (C=O) groups excluding carboxylic acids is 2. The summed E-state index contributed by atoms with van der Waals surface area (Å²) >= 11 is 0. The van der Waals surface area contributed by atoms with Crippen LogP contribution in [0.3, 0.4) is 0 Å². The van der Waals surface area contributed by atoms with Gasteiger partial charge in [-0.2, -0.15) is 51.9 Å². The molecule has 42 heteroatoms. The molecule has 7 atom stereocenters. The molecule has 35 nitrogen and oxygen atoms in total. The van der Waals surface area contributed by atoms with Gasteiger partial charge in [-0.1, -0.05) is 63.5 Å². The number of carboxylic acids is 1. The van der Waals surface area contributed by atoms with E-state index in [0.717, 1.165) is 10.6 Å². The first-order valence-electron chi connectivity index (χ1n) is 32.6. The Morgan fingerprint density at radius 3 is 2.06 bits per heavy atom. The molecule has 105 heavy (non-hydrogen) atoms. The van der Waals surface area contributed by atoms with E-state index < -0.39 is 152 Å². The van der Waals surface area contributed by atoms with Crippen molar-refractivity contribution in [1.29, 1.82) is 0 Å². The number of hydrogen-bond donors (Lipinski definition) is 11. The number of fused-ring (bicyclic) bond motifs is 6. The zero-order valence-electron chi connectivity index (χ0n) is 57.0. The second-order valence-electron chi connectivity index (χ2n) is 26.2. The Hall–Kier alpha value is -6.65. The molecule has 576 valence electrons. The number of nitrogen functional groups attached to an aromatic ring is 1. The van der Waals surface area contributed by atoms with E-state index in [1.54, 1.807) is 68.5 Å². The van der Waals surface area contributed by atoms with Crippen molar-refractivity contribution in [3.8, 4) is 0 Å². The number of amides is 1. The second kappa shape index (κ2) is 33.5. The minimum Gasteiger partial charge on any atom is -0.481 e. The van der Waals surface area contributed by atoms with Gasteiger partial charge in [0.25, 0.3) is 40.5 Å². The fourth-order valence-corrected chi connectivity index (χ4v) is 18.9. The van der Waals surface area contributed by atoms with Crippen LogP contribution in [-0.2, 0) is 102 Å². The third-order valence-corrected chi connectivity index (χ3v) is 25.5. The normalized spacial score (nSPS) is 20.0. The maximum Gasteiger partial charge on any atom is 0.490 e. The summed E-state index contributed by atoms with van der Waals surface area (Å²) in [6.07, 6.45) is 7.11. The van der Waals surface area contributed by atoms with Gasteiger partial charge in [-0.05, 0) is 116 Å². The quantitative estimate of drug-likeness (QED) is 0.00592. The molecule has 1 amide bonds. The third kappa shape index (κ3) is 21.8. The van der Waals surface area contributed by atoms with Gasteiger partial charge in [-0.3, -0.25) is 46.2 Å². The van der Waals surface area contributed by atoms with Crippen molar-refractivity contribution in [1.82, 2.24) is 14.9 Å². The zero-order valence-corrected chi connectivity index (χ0v) is 63.0.